The van der Waals surface area contributed by atoms with Gasteiger partial charge in [0, 0.05) is 6.07 Å². The van der Waals surface area contributed by atoms with Crippen molar-refractivity contribution in [3.63, 3.8) is 0 Å². The summed E-state index contributed by atoms with van der Waals surface area (Å²) >= 11 is 0. The molecule has 0 heterocycles. The predicted octanol–water partition coefficient (Wildman–Crippen LogP) is 2.74. The van der Waals surface area contributed by atoms with Crippen molar-refractivity contribution in [2.24, 2.45) is 10.2 Å². The van der Waals surface area contributed by atoms with E-state index in [4.69, 9.17) is 10.3 Å². The monoisotopic (exact) mass is 439 g/mol. The molecule has 3 aromatic rings. The standard InChI is InChI=1S/C16H13N3O8S2/c17-10-3-1-2-4-11(10)18-19-15-13(29(25,26)27)6-8-5-9(28(22,23)24)7-12(20)14(8)16(15)21/h1-7,20-21H,17H2,(H,22,23,24)(H,25,26,27)/b19-18+. The van der Waals surface area contributed by atoms with Gasteiger partial charge in [-0.05, 0) is 29.7 Å². The summed E-state index contributed by atoms with van der Waals surface area (Å²) in [6.07, 6.45) is 0. The van der Waals surface area contributed by atoms with Crippen LogP contribution in [0.5, 0.6) is 11.5 Å². The van der Waals surface area contributed by atoms with E-state index in [1.165, 1.54) is 12.1 Å². The van der Waals surface area contributed by atoms with Crippen LogP contribution in [0.2, 0.25) is 0 Å². The van der Waals surface area contributed by atoms with Gasteiger partial charge in [0.15, 0.2) is 5.75 Å². The third-order valence-corrected chi connectivity index (χ3v) is 5.57. The number of para-hydroxylation sites is 1. The van der Waals surface area contributed by atoms with Crippen LogP contribution in [0.15, 0.2) is 62.5 Å². The van der Waals surface area contributed by atoms with Crippen molar-refractivity contribution in [1.82, 2.24) is 0 Å². The molecular weight excluding hydrogens is 426 g/mol. The molecule has 6 N–H and O–H groups in total. The highest BCUT2D eigenvalue weighted by atomic mass is 32.2. The summed E-state index contributed by atoms with van der Waals surface area (Å²) in [6.45, 7) is 0. The van der Waals surface area contributed by atoms with Gasteiger partial charge in [-0.25, -0.2) is 0 Å². The molecule has 0 amide bonds. The van der Waals surface area contributed by atoms with Crippen molar-refractivity contribution < 1.29 is 36.2 Å². The average Bonchev–Trinajstić information content (AvgIpc) is 2.60. The van der Waals surface area contributed by atoms with Gasteiger partial charge in [0.05, 0.1) is 16.0 Å². The summed E-state index contributed by atoms with van der Waals surface area (Å²) in [4.78, 5) is -1.66. The van der Waals surface area contributed by atoms with E-state index in [-0.39, 0.29) is 22.1 Å². The zero-order chi connectivity index (χ0) is 21.6. The highest BCUT2D eigenvalue weighted by molar-refractivity contribution is 7.86. The maximum absolute atomic E-state index is 11.8. The van der Waals surface area contributed by atoms with Gasteiger partial charge in [-0.2, -0.15) is 16.8 Å². The quantitative estimate of drug-likeness (QED) is 0.230. The van der Waals surface area contributed by atoms with Crippen molar-refractivity contribution in [1.29, 1.82) is 0 Å². The first kappa shape index (κ1) is 20.5. The molecule has 0 aliphatic heterocycles. The smallest absolute Gasteiger partial charge is 0.296 e. The topological polar surface area (TPSA) is 200 Å². The minimum absolute atomic E-state index is 0.138. The fourth-order valence-electron chi connectivity index (χ4n) is 2.56. The lowest BCUT2D eigenvalue weighted by molar-refractivity contribution is 0.457. The molecule has 0 fully saturated rings. The van der Waals surface area contributed by atoms with Crippen molar-refractivity contribution in [2.45, 2.75) is 9.79 Å². The molecule has 0 aliphatic rings. The number of phenolic OH excluding ortho intramolecular Hbond substituents is 2. The van der Waals surface area contributed by atoms with E-state index in [0.717, 1.165) is 12.1 Å². The van der Waals surface area contributed by atoms with Crippen LogP contribution in [-0.2, 0) is 20.2 Å². The summed E-state index contributed by atoms with van der Waals surface area (Å²) in [5, 5.41) is 27.3. The largest absolute Gasteiger partial charge is 0.507 e. The zero-order valence-electron chi connectivity index (χ0n) is 14.3. The van der Waals surface area contributed by atoms with Crippen molar-refractivity contribution in [3.05, 3.63) is 42.5 Å². The van der Waals surface area contributed by atoms with Crippen molar-refractivity contribution in [3.8, 4) is 11.5 Å². The van der Waals surface area contributed by atoms with Crippen molar-refractivity contribution >= 4 is 48.1 Å². The van der Waals surface area contributed by atoms with E-state index < -0.39 is 47.2 Å². The number of hydrogen-bond acceptors (Lipinski definition) is 9. The number of anilines is 1. The lowest BCUT2D eigenvalue weighted by Crippen LogP contribution is -2.01. The minimum Gasteiger partial charge on any atom is -0.507 e. The predicted molar refractivity (Wildman–Crippen MR) is 102 cm³/mol. The molecule has 3 rings (SSSR count). The second-order valence-corrected chi connectivity index (χ2v) is 8.63. The van der Waals surface area contributed by atoms with Crippen LogP contribution in [0.4, 0.5) is 17.1 Å². The number of fused-ring (bicyclic) bond motifs is 1. The highest BCUT2D eigenvalue weighted by Crippen LogP contribution is 2.45. The average molecular weight is 439 g/mol. The molecule has 0 atom stereocenters. The fraction of sp³-hybridized carbons (Fsp3) is 0. The Morgan fingerprint density at radius 3 is 2.10 bits per heavy atom. The van der Waals surface area contributed by atoms with Crippen LogP contribution >= 0.6 is 0 Å². The third-order valence-electron chi connectivity index (χ3n) is 3.87. The first-order valence-electron chi connectivity index (χ1n) is 7.63. The second-order valence-electron chi connectivity index (χ2n) is 5.82. The number of hydrogen-bond donors (Lipinski definition) is 5. The van der Waals surface area contributed by atoms with Gasteiger partial charge >= 0.3 is 0 Å². The van der Waals surface area contributed by atoms with Gasteiger partial charge in [-0.15, -0.1) is 10.2 Å². The summed E-state index contributed by atoms with van der Waals surface area (Å²) in [7, 11) is -9.71. The van der Waals surface area contributed by atoms with Gasteiger partial charge in [0.2, 0.25) is 0 Å². The Bertz CT molecular complexity index is 1380. The molecule has 0 saturated heterocycles. The SMILES string of the molecule is Nc1ccccc1/N=N/c1c(S(=O)(=O)O)cc2cc(S(=O)(=O)O)cc(O)c2c1O. The fourth-order valence-corrected chi connectivity index (χ4v) is 3.76. The van der Waals surface area contributed by atoms with E-state index in [9.17, 15) is 31.6 Å². The minimum atomic E-state index is -4.96. The number of azo groups is 1. The second kappa shape index (κ2) is 6.97. The van der Waals surface area contributed by atoms with Crippen molar-refractivity contribution in [2.75, 3.05) is 5.73 Å². The molecule has 0 aromatic heterocycles. The van der Waals surface area contributed by atoms with Gasteiger partial charge < -0.3 is 15.9 Å². The third kappa shape index (κ3) is 3.97. The lowest BCUT2D eigenvalue weighted by atomic mass is 10.1. The molecular formula is C16H13N3O8S2. The van der Waals surface area contributed by atoms with Gasteiger partial charge in [-0.3, -0.25) is 9.11 Å². The van der Waals surface area contributed by atoms with Crippen LogP contribution in [0.25, 0.3) is 10.8 Å². The van der Waals surface area contributed by atoms with E-state index >= 15 is 0 Å². The summed E-state index contributed by atoms with van der Waals surface area (Å²) in [5.74, 6) is -1.68. The Labute approximate surface area is 164 Å². The van der Waals surface area contributed by atoms with Gasteiger partial charge in [0.1, 0.15) is 22.0 Å². The Morgan fingerprint density at radius 2 is 1.52 bits per heavy atom. The highest BCUT2D eigenvalue weighted by Gasteiger charge is 2.25. The Balaban J connectivity index is 2.36. The van der Waals surface area contributed by atoms with E-state index in [0.29, 0.717) is 6.07 Å². The maximum Gasteiger partial charge on any atom is 0.296 e. The first-order valence-corrected chi connectivity index (χ1v) is 10.5. The lowest BCUT2D eigenvalue weighted by Gasteiger charge is -2.11. The van der Waals surface area contributed by atoms with E-state index in [2.05, 4.69) is 10.2 Å². The maximum atomic E-state index is 11.8. The zero-order valence-corrected chi connectivity index (χ0v) is 15.9. The van der Waals surface area contributed by atoms with Gasteiger partial charge in [-0.1, -0.05) is 12.1 Å². The normalized spacial score (nSPS) is 12.6. The number of benzene rings is 3. The Kier molecular flexibility index (Phi) is 4.92. The number of aromatic hydroxyl groups is 2. The van der Waals surface area contributed by atoms with E-state index in [1.807, 2.05) is 0 Å². The molecule has 0 unspecified atom stereocenters. The summed E-state index contributed by atoms with van der Waals surface area (Å²) < 4.78 is 64.9. The van der Waals surface area contributed by atoms with Crippen LogP contribution < -0.4 is 5.73 Å². The molecule has 0 saturated carbocycles. The Hall–Kier alpha value is -3.26. The molecule has 11 nitrogen and oxygen atoms in total. The van der Waals surface area contributed by atoms with Crippen LogP contribution in [0.1, 0.15) is 0 Å². The molecule has 0 bridgehead atoms. The molecule has 13 heteroatoms. The number of rotatable bonds is 4. The number of nitrogen functional groups attached to an aromatic ring is 1. The van der Waals surface area contributed by atoms with Crippen LogP contribution in [0.3, 0.4) is 0 Å². The molecule has 0 spiro atoms. The molecule has 0 radical (unpaired) electrons. The molecule has 29 heavy (non-hydrogen) atoms. The first-order chi connectivity index (χ1) is 13.4. The number of nitrogens with two attached hydrogens (primary N) is 1. The van der Waals surface area contributed by atoms with Gasteiger partial charge in [0.25, 0.3) is 20.2 Å². The number of phenols is 2. The Morgan fingerprint density at radius 1 is 0.862 bits per heavy atom. The van der Waals surface area contributed by atoms with E-state index in [1.54, 1.807) is 12.1 Å². The summed E-state index contributed by atoms with van der Waals surface area (Å²) in [5.41, 5.74) is 5.34. The van der Waals surface area contributed by atoms with Crippen LogP contribution in [0, 0.1) is 0 Å². The number of nitrogens with zero attached hydrogens (tertiary/aromatic N) is 2. The summed E-state index contributed by atoms with van der Waals surface area (Å²) in [6, 6.07) is 8.38. The molecule has 3 aromatic carbocycles. The molecule has 0 aliphatic carbocycles. The van der Waals surface area contributed by atoms with Crippen LogP contribution in [-0.4, -0.2) is 36.2 Å². The molecule has 152 valence electrons.